The van der Waals surface area contributed by atoms with Gasteiger partial charge in [-0.2, -0.15) is 0 Å². The molecule has 27 heavy (non-hydrogen) atoms. The van der Waals surface area contributed by atoms with Crippen molar-refractivity contribution >= 4 is 29.1 Å². The summed E-state index contributed by atoms with van der Waals surface area (Å²) in [6.45, 7) is 7.97. The fourth-order valence-electron chi connectivity index (χ4n) is 3.74. The van der Waals surface area contributed by atoms with Crippen LogP contribution in [0.25, 0.3) is 0 Å². The summed E-state index contributed by atoms with van der Waals surface area (Å²) in [5, 5.41) is 4.54. The van der Waals surface area contributed by atoms with Crippen LogP contribution in [0.15, 0.2) is 18.2 Å². The van der Waals surface area contributed by atoms with E-state index in [1.165, 1.54) is 0 Å². The molecule has 0 unspecified atom stereocenters. The zero-order chi connectivity index (χ0) is 19.1. The minimum absolute atomic E-state index is 0.117. The van der Waals surface area contributed by atoms with Gasteiger partial charge in [-0.3, -0.25) is 14.6 Å². The van der Waals surface area contributed by atoms with E-state index in [1.807, 2.05) is 18.2 Å². The molecule has 0 radical (unpaired) electrons. The molecule has 0 atom stereocenters. The van der Waals surface area contributed by atoms with Crippen molar-refractivity contribution in [1.29, 1.82) is 0 Å². The predicted octanol–water partition coefficient (Wildman–Crippen LogP) is 3.04. The fourth-order valence-corrected chi connectivity index (χ4v) is 4.26. The van der Waals surface area contributed by atoms with E-state index >= 15 is 0 Å². The molecule has 0 spiro atoms. The Bertz CT molecular complexity index is 595. The van der Waals surface area contributed by atoms with Gasteiger partial charge in [-0.05, 0) is 51.0 Å². The molecule has 5 nitrogen and oxygen atoms in total. The molecule has 1 aromatic carbocycles. The molecule has 2 heterocycles. The van der Waals surface area contributed by atoms with Crippen molar-refractivity contribution in [3.8, 4) is 0 Å². The van der Waals surface area contributed by atoms with Crippen LogP contribution in [0.2, 0.25) is 10.0 Å². The molecule has 1 amide bonds. The lowest BCUT2D eigenvalue weighted by Gasteiger charge is -2.31. The molecule has 2 aliphatic heterocycles. The van der Waals surface area contributed by atoms with Crippen molar-refractivity contribution < 1.29 is 9.53 Å². The van der Waals surface area contributed by atoms with Gasteiger partial charge in [0, 0.05) is 47.7 Å². The monoisotopic (exact) mass is 413 g/mol. The first kappa shape index (κ1) is 20.9. The summed E-state index contributed by atoms with van der Waals surface area (Å²) in [5.41, 5.74) is 0.979. The van der Waals surface area contributed by atoms with Gasteiger partial charge in [-0.25, -0.2) is 0 Å². The van der Waals surface area contributed by atoms with Crippen LogP contribution in [-0.2, 0) is 16.1 Å². The Balaban J connectivity index is 1.34. The highest BCUT2D eigenvalue weighted by atomic mass is 35.5. The Morgan fingerprint density at radius 2 is 1.74 bits per heavy atom. The van der Waals surface area contributed by atoms with Gasteiger partial charge in [0.1, 0.15) is 0 Å². The van der Waals surface area contributed by atoms with Gasteiger partial charge in [-0.15, -0.1) is 0 Å². The minimum Gasteiger partial charge on any atom is -0.379 e. The number of morpholine rings is 1. The lowest BCUT2D eigenvalue weighted by Crippen LogP contribution is -2.41. The van der Waals surface area contributed by atoms with Gasteiger partial charge in [0.2, 0.25) is 5.91 Å². The molecular formula is C20H29Cl2N3O2. The topological polar surface area (TPSA) is 44.8 Å². The summed E-state index contributed by atoms with van der Waals surface area (Å²) < 4.78 is 5.35. The number of benzene rings is 1. The van der Waals surface area contributed by atoms with Crippen molar-refractivity contribution in [3.63, 3.8) is 0 Å². The molecule has 2 aliphatic rings. The number of rotatable bonds is 7. The lowest BCUT2D eigenvalue weighted by molar-refractivity contribution is -0.126. The predicted molar refractivity (Wildman–Crippen MR) is 109 cm³/mol. The van der Waals surface area contributed by atoms with Crippen LogP contribution in [0.4, 0.5) is 0 Å². The molecule has 0 bridgehead atoms. The number of carbonyl (C=O) groups excluding carboxylic acids is 1. The number of hydrogen-bond donors (Lipinski definition) is 1. The van der Waals surface area contributed by atoms with Crippen LogP contribution in [-0.4, -0.2) is 68.2 Å². The number of piperidine rings is 1. The maximum absolute atomic E-state index is 12.4. The van der Waals surface area contributed by atoms with E-state index in [2.05, 4.69) is 15.1 Å². The summed E-state index contributed by atoms with van der Waals surface area (Å²) in [5.74, 6) is 0.318. The third-order valence-electron chi connectivity index (χ3n) is 5.46. The first-order valence-corrected chi connectivity index (χ1v) is 10.6. The molecule has 150 valence electrons. The molecule has 0 aliphatic carbocycles. The van der Waals surface area contributed by atoms with Crippen LogP contribution in [0.5, 0.6) is 0 Å². The minimum atomic E-state index is 0.117. The molecule has 7 heteroatoms. The maximum Gasteiger partial charge on any atom is 0.223 e. The van der Waals surface area contributed by atoms with Crippen molar-refractivity contribution in [1.82, 2.24) is 15.1 Å². The Hall–Kier alpha value is -0.850. The smallest absolute Gasteiger partial charge is 0.223 e. The van der Waals surface area contributed by atoms with Crippen LogP contribution < -0.4 is 5.32 Å². The highest BCUT2D eigenvalue weighted by Crippen LogP contribution is 2.27. The molecule has 2 saturated heterocycles. The Morgan fingerprint density at radius 1 is 1.07 bits per heavy atom. The second-order valence-corrected chi connectivity index (χ2v) is 8.16. The molecule has 0 saturated carbocycles. The Kier molecular flexibility index (Phi) is 8.22. The van der Waals surface area contributed by atoms with Gasteiger partial charge in [0.15, 0.2) is 0 Å². The fraction of sp³-hybridized carbons (Fsp3) is 0.650. The number of hydrogen-bond acceptors (Lipinski definition) is 4. The van der Waals surface area contributed by atoms with E-state index in [0.717, 1.165) is 83.9 Å². The number of nitrogens with zero attached hydrogens (tertiary/aromatic N) is 2. The molecular weight excluding hydrogens is 385 g/mol. The molecule has 2 fully saturated rings. The van der Waals surface area contributed by atoms with Crippen molar-refractivity contribution in [2.75, 3.05) is 52.5 Å². The van der Waals surface area contributed by atoms with Gasteiger partial charge < -0.3 is 10.1 Å². The summed E-state index contributed by atoms with van der Waals surface area (Å²) in [4.78, 5) is 17.1. The number of likely N-dealkylation sites (tertiary alicyclic amines) is 1. The number of nitrogens with one attached hydrogen (secondary N) is 1. The third kappa shape index (κ3) is 6.33. The SMILES string of the molecule is O=C(NCCCN1CCOCC1)C1CCN(Cc2c(Cl)cccc2Cl)CC1. The average Bonchev–Trinajstić information content (AvgIpc) is 2.69. The number of ether oxygens (including phenoxy) is 1. The average molecular weight is 414 g/mol. The Morgan fingerprint density at radius 3 is 2.41 bits per heavy atom. The van der Waals surface area contributed by atoms with Gasteiger partial charge in [-0.1, -0.05) is 29.3 Å². The second-order valence-electron chi connectivity index (χ2n) is 7.35. The van der Waals surface area contributed by atoms with Crippen LogP contribution in [0.3, 0.4) is 0 Å². The van der Waals surface area contributed by atoms with E-state index in [-0.39, 0.29) is 11.8 Å². The highest BCUT2D eigenvalue weighted by Gasteiger charge is 2.25. The van der Waals surface area contributed by atoms with E-state index in [9.17, 15) is 4.79 Å². The lowest BCUT2D eigenvalue weighted by atomic mass is 9.95. The third-order valence-corrected chi connectivity index (χ3v) is 6.16. The molecule has 1 aromatic rings. The largest absolute Gasteiger partial charge is 0.379 e. The van der Waals surface area contributed by atoms with E-state index in [0.29, 0.717) is 10.0 Å². The van der Waals surface area contributed by atoms with Crippen molar-refractivity contribution in [2.24, 2.45) is 5.92 Å². The summed E-state index contributed by atoms with van der Waals surface area (Å²) in [7, 11) is 0. The molecule has 3 rings (SSSR count). The first-order valence-electron chi connectivity index (χ1n) is 9.86. The van der Waals surface area contributed by atoms with E-state index < -0.39 is 0 Å². The molecule has 1 N–H and O–H groups in total. The summed E-state index contributed by atoms with van der Waals surface area (Å²) in [6.07, 6.45) is 2.77. The van der Waals surface area contributed by atoms with E-state index in [1.54, 1.807) is 0 Å². The van der Waals surface area contributed by atoms with Gasteiger partial charge in [0.25, 0.3) is 0 Å². The molecule has 0 aromatic heterocycles. The normalized spacial score (nSPS) is 19.9. The zero-order valence-corrected chi connectivity index (χ0v) is 17.3. The van der Waals surface area contributed by atoms with E-state index in [4.69, 9.17) is 27.9 Å². The van der Waals surface area contributed by atoms with Gasteiger partial charge in [0.05, 0.1) is 13.2 Å². The quantitative estimate of drug-likeness (QED) is 0.697. The highest BCUT2D eigenvalue weighted by molar-refractivity contribution is 6.35. The number of amides is 1. The number of carbonyl (C=O) groups is 1. The van der Waals surface area contributed by atoms with Crippen molar-refractivity contribution in [3.05, 3.63) is 33.8 Å². The second kappa shape index (κ2) is 10.6. The van der Waals surface area contributed by atoms with Crippen molar-refractivity contribution in [2.45, 2.75) is 25.8 Å². The first-order chi connectivity index (χ1) is 13.1. The Labute approximate surface area is 171 Å². The summed E-state index contributed by atoms with van der Waals surface area (Å²) >= 11 is 12.5. The summed E-state index contributed by atoms with van der Waals surface area (Å²) in [6, 6.07) is 5.61. The number of halogens is 2. The van der Waals surface area contributed by atoms with Crippen LogP contribution in [0.1, 0.15) is 24.8 Å². The maximum atomic E-state index is 12.4. The van der Waals surface area contributed by atoms with Crippen LogP contribution in [0, 0.1) is 5.92 Å². The van der Waals surface area contributed by atoms with Gasteiger partial charge >= 0.3 is 0 Å². The standard InChI is InChI=1S/C20H29Cl2N3O2/c21-18-3-1-4-19(22)17(18)15-25-9-5-16(6-10-25)20(26)23-7-2-8-24-11-13-27-14-12-24/h1,3-4,16H,2,5-15H2,(H,23,26). The van der Waals surface area contributed by atoms with Crippen LogP contribution >= 0.6 is 23.2 Å². The zero-order valence-electron chi connectivity index (χ0n) is 15.8.